The molecule has 2 aromatic rings. The molecule has 1 aromatic heterocycles. The van der Waals surface area contributed by atoms with Crippen LogP contribution < -0.4 is 4.72 Å². The lowest BCUT2D eigenvalue weighted by Crippen LogP contribution is -2.18. The van der Waals surface area contributed by atoms with Gasteiger partial charge in [0.2, 0.25) is 21.2 Å². The third-order valence-corrected chi connectivity index (χ3v) is 5.03. The maximum Gasteiger partial charge on any atom is 0.245 e. The first-order valence-corrected chi connectivity index (χ1v) is 10.2. The number of aromatic nitrogens is 2. The van der Waals surface area contributed by atoms with E-state index in [-0.39, 0.29) is 17.6 Å². The van der Waals surface area contributed by atoms with Crippen molar-refractivity contribution in [3.63, 3.8) is 0 Å². The van der Waals surface area contributed by atoms with Crippen LogP contribution >= 0.6 is 11.6 Å². The number of sulfonamides is 1. The van der Waals surface area contributed by atoms with Gasteiger partial charge in [-0.2, -0.15) is 0 Å². The fraction of sp³-hybridized carbons (Fsp3) is 0.278. The molecule has 2 rings (SSSR count). The van der Waals surface area contributed by atoms with Gasteiger partial charge in [-0.3, -0.25) is 9.52 Å². The molecule has 0 unspecified atom stereocenters. The van der Waals surface area contributed by atoms with Gasteiger partial charge in [0.15, 0.2) is 0 Å². The van der Waals surface area contributed by atoms with E-state index in [0.29, 0.717) is 22.5 Å². The molecule has 0 aliphatic heterocycles. The van der Waals surface area contributed by atoms with Gasteiger partial charge in [-0.1, -0.05) is 13.8 Å². The molecule has 0 fully saturated rings. The molecule has 0 atom stereocenters. The number of carbonyl (C=O) groups is 1. The molecule has 1 heterocycles. The van der Waals surface area contributed by atoms with Crippen molar-refractivity contribution in [3.05, 3.63) is 47.4 Å². The number of allylic oxidation sites excluding steroid dienone is 1. The Morgan fingerprint density at radius 1 is 1.26 bits per heavy atom. The van der Waals surface area contributed by atoms with Gasteiger partial charge in [-0.25, -0.2) is 22.8 Å². The minimum absolute atomic E-state index is 0.0887. The molecule has 1 N–H and O–H groups in total. The normalized spacial score (nSPS) is 11.9. The van der Waals surface area contributed by atoms with Crippen LogP contribution in [0, 0.1) is 5.82 Å². The van der Waals surface area contributed by atoms with Gasteiger partial charge >= 0.3 is 0 Å². The second-order valence-corrected chi connectivity index (χ2v) is 8.38. The molecule has 0 spiro atoms. The van der Waals surface area contributed by atoms with Crippen LogP contribution in [0.15, 0.2) is 30.3 Å². The molecule has 9 heteroatoms. The molecule has 0 aliphatic rings. The van der Waals surface area contributed by atoms with Crippen molar-refractivity contribution in [1.29, 1.82) is 0 Å². The Balaban J connectivity index is 2.75. The standard InChI is InChI=1S/C18H19ClFN3O3S/c1-4-27(25,26)23-18-21-16(11(2)3)14(9-10-15(19)24)17(22-18)12-5-7-13(20)8-6-12/h5-11H,4H2,1-3H3,(H,21,22,23)/b10-9+. The van der Waals surface area contributed by atoms with Crippen molar-refractivity contribution in [2.45, 2.75) is 26.7 Å². The second kappa shape index (κ2) is 8.58. The number of halogens is 2. The predicted molar refractivity (Wildman–Crippen MR) is 104 cm³/mol. The SMILES string of the molecule is CCS(=O)(=O)Nc1nc(-c2ccc(F)cc2)c(/C=C/C(=O)Cl)c(C(C)C)n1. The summed E-state index contributed by atoms with van der Waals surface area (Å²) in [7, 11) is -3.59. The van der Waals surface area contributed by atoms with E-state index < -0.39 is 21.1 Å². The zero-order chi connectivity index (χ0) is 20.2. The highest BCUT2D eigenvalue weighted by Gasteiger charge is 2.19. The van der Waals surface area contributed by atoms with Gasteiger partial charge in [0.25, 0.3) is 0 Å². The Kier molecular flexibility index (Phi) is 6.67. The number of nitrogens with zero attached hydrogens (tertiary/aromatic N) is 2. The van der Waals surface area contributed by atoms with Crippen molar-refractivity contribution < 1.29 is 17.6 Å². The summed E-state index contributed by atoms with van der Waals surface area (Å²) in [6.07, 6.45) is 2.64. The average molecular weight is 412 g/mol. The van der Waals surface area contributed by atoms with E-state index in [1.807, 2.05) is 13.8 Å². The van der Waals surface area contributed by atoms with Gasteiger partial charge in [0.1, 0.15) is 5.82 Å². The first kappa shape index (κ1) is 21.0. The molecule has 6 nitrogen and oxygen atoms in total. The lowest BCUT2D eigenvalue weighted by atomic mass is 9.98. The van der Waals surface area contributed by atoms with E-state index in [1.54, 1.807) is 0 Å². The Morgan fingerprint density at radius 3 is 2.41 bits per heavy atom. The summed E-state index contributed by atoms with van der Waals surface area (Å²) in [5.41, 5.74) is 1.92. The fourth-order valence-electron chi connectivity index (χ4n) is 2.32. The first-order valence-electron chi connectivity index (χ1n) is 8.19. The monoisotopic (exact) mass is 411 g/mol. The van der Waals surface area contributed by atoms with Crippen LogP contribution in [0.25, 0.3) is 17.3 Å². The van der Waals surface area contributed by atoms with E-state index >= 15 is 0 Å². The van der Waals surface area contributed by atoms with Crippen molar-refractivity contribution in [2.75, 3.05) is 10.5 Å². The Bertz CT molecular complexity index is 974. The van der Waals surface area contributed by atoms with Gasteiger partial charge in [0.05, 0.1) is 17.1 Å². The third-order valence-electron chi connectivity index (χ3n) is 3.65. The minimum Gasteiger partial charge on any atom is -0.276 e. The zero-order valence-electron chi connectivity index (χ0n) is 15.0. The number of benzene rings is 1. The van der Waals surface area contributed by atoms with E-state index in [4.69, 9.17) is 11.6 Å². The lowest BCUT2D eigenvalue weighted by Gasteiger charge is -2.16. The molecule has 0 radical (unpaired) electrons. The predicted octanol–water partition coefficient (Wildman–Crippen LogP) is 3.95. The van der Waals surface area contributed by atoms with E-state index in [9.17, 15) is 17.6 Å². The number of carbonyl (C=O) groups excluding carboxylic acids is 1. The maximum atomic E-state index is 13.3. The fourth-order valence-corrected chi connectivity index (χ4v) is 2.90. The number of hydrogen-bond acceptors (Lipinski definition) is 5. The Morgan fingerprint density at radius 2 is 1.89 bits per heavy atom. The summed E-state index contributed by atoms with van der Waals surface area (Å²) in [5, 5.41) is -0.675. The van der Waals surface area contributed by atoms with Crippen LogP contribution in [-0.4, -0.2) is 29.4 Å². The topological polar surface area (TPSA) is 89.0 Å². The van der Waals surface area contributed by atoms with Crippen LogP contribution in [0.3, 0.4) is 0 Å². The van der Waals surface area contributed by atoms with Gasteiger partial charge in [-0.15, -0.1) is 0 Å². The van der Waals surface area contributed by atoms with Crippen LogP contribution in [0.5, 0.6) is 0 Å². The number of rotatable bonds is 7. The maximum absolute atomic E-state index is 13.3. The highest BCUT2D eigenvalue weighted by molar-refractivity contribution is 7.92. The summed E-state index contributed by atoms with van der Waals surface area (Å²) < 4.78 is 39.5. The smallest absolute Gasteiger partial charge is 0.245 e. The van der Waals surface area contributed by atoms with Gasteiger partial charge < -0.3 is 0 Å². The average Bonchev–Trinajstić information content (AvgIpc) is 2.60. The van der Waals surface area contributed by atoms with Crippen molar-refractivity contribution in [3.8, 4) is 11.3 Å². The molecule has 0 saturated carbocycles. The van der Waals surface area contributed by atoms with Gasteiger partial charge in [0, 0.05) is 11.1 Å². The molecule has 144 valence electrons. The molecule has 0 amide bonds. The lowest BCUT2D eigenvalue weighted by molar-refractivity contribution is -0.107. The molecular formula is C18H19ClFN3O3S. The number of anilines is 1. The summed E-state index contributed by atoms with van der Waals surface area (Å²) >= 11 is 5.41. The van der Waals surface area contributed by atoms with E-state index in [2.05, 4.69) is 14.7 Å². The van der Waals surface area contributed by atoms with E-state index in [0.717, 1.165) is 6.08 Å². The van der Waals surface area contributed by atoms with Crippen LogP contribution in [0.4, 0.5) is 10.3 Å². The van der Waals surface area contributed by atoms with E-state index in [1.165, 1.54) is 37.3 Å². The number of hydrogen-bond donors (Lipinski definition) is 1. The highest BCUT2D eigenvalue weighted by Crippen LogP contribution is 2.30. The van der Waals surface area contributed by atoms with Crippen molar-refractivity contribution >= 4 is 38.9 Å². The van der Waals surface area contributed by atoms with Crippen LogP contribution in [0.2, 0.25) is 0 Å². The molecular weight excluding hydrogens is 393 g/mol. The summed E-state index contributed by atoms with van der Waals surface area (Å²) in [6.45, 7) is 5.24. The highest BCUT2D eigenvalue weighted by atomic mass is 35.5. The van der Waals surface area contributed by atoms with Gasteiger partial charge in [-0.05, 0) is 60.9 Å². The largest absolute Gasteiger partial charge is 0.276 e. The Labute approximate surface area is 162 Å². The van der Waals surface area contributed by atoms with Crippen molar-refractivity contribution in [1.82, 2.24) is 9.97 Å². The molecule has 0 bridgehead atoms. The quantitative estimate of drug-likeness (QED) is 0.550. The third kappa shape index (κ3) is 5.58. The number of nitrogens with one attached hydrogen (secondary N) is 1. The molecule has 0 saturated heterocycles. The van der Waals surface area contributed by atoms with Crippen LogP contribution in [0.1, 0.15) is 37.9 Å². The summed E-state index contributed by atoms with van der Waals surface area (Å²) in [6, 6.07) is 5.56. The minimum atomic E-state index is -3.59. The molecule has 27 heavy (non-hydrogen) atoms. The van der Waals surface area contributed by atoms with Crippen LogP contribution in [-0.2, 0) is 14.8 Å². The summed E-state index contributed by atoms with van der Waals surface area (Å²) in [4.78, 5) is 19.8. The first-order chi connectivity index (χ1) is 12.6. The molecule has 1 aromatic carbocycles. The molecule has 0 aliphatic carbocycles. The summed E-state index contributed by atoms with van der Waals surface area (Å²) in [5.74, 6) is -0.755. The second-order valence-electron chi connectivity index (χ2n) is 6.00. The van der Waals surface area contributed by atoms with Crippen molar-refractivity contribution in [2.24, 2.45) is 0 Å². The Hall–Kier alpha value is -2.32. The zero-order valence-corrected chi connectivity index (χ0v) is 16.6.